The molecule has 1 aliphatic rings. The average Bonchev–Trinajstić information content (AvgIpc) is 3.09. The van der Waals surface area contributed by atoms with Crippen molar-refractivity contribution in [3.05, 3.63) is 42.4 Å². The number of hydrogen-bond donors (Lipinski definition) is 2. The molecule has 2 heterocycles. The van der Waals surface area contributed by atoms with E-state index in [4.69, 9.17) is 4.42 Å². The Hall–Kier alpha value is -2.83. The molecule has 1 aromatic heterocycles. The largest absolute Gasteiger partial charge is 0.439 e. The van der Waals surface area contributed by atoms with Crippen LogP contribution in [-0.2, 0) is 11.3 Å². The van der Waals surface area contributed by atoms with Crippen LogP contribution in [0.5, 0.6) is 0 Å². The first-order valence-electron chi connectivity index (χ1n) is 8.42. The van der Waals surface area contributed by atoms with Gasteiger partial charge in [0.1, 0.15) is 0 Å². The fourth-order valence-corrected chi connectivity index (χ4v) is 2.96. The normalized spacial score (nSPS) is 17.2. The van der Waals surface area contributed by atoms with Crippen LogP contribution in [0.4, 0.5) is 4.79 Å². The number of likely N-dealkylation sites (tertiary alicyclic amines) is 1. The highest BCUT2D eigenvalue weighted by Crippen LogP contribution is 2.19. The van der Waals surface area contributed by atoms with Gasteiger partial charge in [-0.3, -0.25) is 4.79 Å². The standard InChI is InChI=1S/C18H22N4O3/c1-13(23)21-15-8-5-9-22(12-15)18(24)20-11-17-19-10-16(25-17)14-6-3-2-4-7-14/h2-4,6-7,10,15H,5,8-9,11-12H2,1H3,(H,20,24)(H,21,23)/t15-/m1/s1. The average molecular weight is 342 g/mol. The molecule has 2 aromatic rings. The van der Waals surface area contributed by atoms with E-state index in [-0.39, 0.29) is 24.5 Å². The van der Waals surface area contributed by atoms with Gasteiger partial charge in [0.15, 0.2) is 5.76 Å². The molecule has 1 fully saturated rings. The van der Waals surface area contributed by atoms with Crippen LogP contribution in [0.2, 0.25) is 0 Å². The molecule has 0 radical (unpaired) electrons. The second-order valence-corrected chi connectivity index (χ2v) is 6.13. The minimum Gasteiger partial charge on any atom is -0.439 e. The summed E-state index contributed by atoms with van der Waals surface area (Å²) in [5.41, 5.74) is 0.946. The number of carbonyl (C=O) groups is 2. The van der Waals surface area contributed by atoms with Gasteiger partial charge in [-0.1, -0.05) is 30.3 Å². The van der Waals surface area contributed by atoms with Gasteiger partial charge in [-0.25, -0.2) is 9.78 Å². The monoisotopic (exact) mass is 342 g/mol. The van der Waals surface area contributed by atoms with Crippen molar-refractivity contribution in [3.63, 3.8) is 0 Å². The fourth-order valence-electron chi connectivity index (χ4n) is 2.96. The minimum atomic E-state index is -0.172. The van der Waals surface area contributed by atoms with Crippen LogP contribution in [0.15, 0.2) is 40.9 Å². The highest BCUT2D eigenvalue weighted by Gasteiger charge is 2.24. The summed E-state index contributed by atoms with van der Waals surface area (Å²) in [6, 6.07) is 9.53. The van der Waals surface area contributed by atoms with E-state index in [1.54, 1.807) is 11.1 Å². The Morgan fingerprint density at radius 1 is 1.32 bits per heavy atom. The summed E-state index contributed by atoms with van der Waals surface area (Å²) in [5, 5.41) is 5.70. The molecule has 3 amide bonds. The highest BCUT2D eigenvalue weighted by atomic mass is 16.4. The SMILES string of the molecule is CC(=O)N[C@@H]1CCCN(C(=O)NCc2ncc(-c3ccccc3)o2)C1. The molecule has 0 unspecified atom stereocenters. The van der Waals surface area contributed by atoms with E-state index in [2.05, 4.69) is 15.6 Å². The van der Waals surface area contributed by atoms with E-state index < -0.39 is 0 Å². The van der Waals surface area contributed by atoms with E-state index >= 15 is 0 Å². The lowest BCUT2D eigenvalue weighted by Crippen LogP contribution is -2.51. The van der Waals surface area contributed by atoms with Crippen LogP contribution in [0.1, 0.15) is 25.7 Å². The van der Waals surface area contributed by atoms with Gasteiger partial charge in [0.2, 0.25) is 11.8 Å². The van der Waals surface area contributed by atoms with Gasteiger partial charge in [0.25, 0.3) is 0 Å². The summed E-state index contributed by atoms with van der Waals surface area (Å²) in [6.07, 6.45) is 3.42. The molecule has 1 aromatic carbocycles. The van der Waals surface area contributed by atoms with Crippen molar-refractivity contribution in [3.8, 4) is 11.3 Å². The third kappa shape index (κ3) is 4.59. The summed E-state index contributed by atoms with van der Waals surface area (Å²) in [4.78, 5) is 29.4. The maximum absolute atomic E-state index is 12.3. The summed E-state index contributed by atoms with van der Waals surface area (Å²) < 4.78 is 5.68. The van der Waals surface area contributed by atoms with Crippen LogP contribution in [-0.4, -0.2) is 41.0 Å². The zero-order valence-electron chi connectivity index (χ0n) is 14.2. The molecule has 0 bridgehead atoms. The van der Waals surface area contributed by atoms with Crippen molar-refractivity contribution in [2.45, 2.75) is 32.4 Å². The number of benzene rings is 1. The summed E-state index contributed by atoms with van der Waals surface area (Å²) in [5.74, 6) is 1.07. The first-order chi connectivity index (χ1) is 12.1. The van der Waals surface area contributed by atoms with Crippen LogP contribution in [0, 0.1) is 0 Å². The Morgan fingerprint density at radius 3 is 2.88 bits per heavy atom. The second-order valence-electron chi connectivity index (χ2n) is 6.13. The number of oxazole rings is 1. The molecular weight excluding hydrogens is 320 g/mol. The number of nitrogens with zero attached hydrogens (tertiary/aromatic N) is 2. The number of urea groups is 1. The van der Waals surface area contributed by atoms with Crippen LogP contribution in [0.25, 0.3) is 11.3 Å². The summed E-state index contributed by atoms with van der Waals surface area (Å²) in [7, 11) is 0. The maximum Gasteiger partial charge on any atom is 0.317 e. The number of hydrogen-bond acceptors (Lipinski definition) is 4. The number of piperidine rings is 1. The molecule has 132 valence electrons. The van der Waals surface area contributed by atoms with Gasteiger partial charge in [0, 0.05) is 31.6 Å². The smallest absolute Gasteiger partial charge is 0.317 e. The summed E-state index contributed by atoms with van der Waals surface area (Å²) >= 11 is 0. The highest BCUT2D eigenvalue weighted by molar-refractivity contribution is 5.75. The number of nitrogens with one attached hydrogen (secondary N) is 2. The fraction of sp³-hybridized carbons (Fsp3) is 0.389. The molecule has 0 spiro atoms. The van der Waals surface area contributed by atoms with Gasteiger partial charge in [-0.15, -0.1) is 0 Å². The quantitative estimate of drug-likeness (QED) is 0.891. The zero-order chi connectivity index (χ0) is 17.6. The summed E-state index contributed by atoms with van der Waals surface area (Å²) in [6.45, 7) is 2.92. The van der Waals surface area contributed by atoms with Crippen molar-refractivity contribution >= 4 is 11.9 Å². The third-order valence-corrected chi connectivity index (χ3v) is 4.12. The van der Waals surface area contributed by atoms with E-state index in [0.717, 1.165) is 18.4 Å². The topological polar surface area (TPSA) is 87.5 Å². The number of aromatic nitrogens is 1. The Morgan fingerprint density at radius 2 is 2.12 bits per heavy atom. The Bertz CT molecular complexity index is 729. The van der Waals surface area contributed by atoms with Crippen molar-refractivity contribution < 1.29 is 14.0 Å². The Kier molecular flexibility index (Phi) is 5.33. The van der Waals surface area contributed by atoms with Crippen LogP contribution >= 0.6 is 0 Å². The first kappa shape index (κ1) is 17.0. The van der Waals surface area contributed by atoms with E-state index in [1.807, 2.05) is 30.3 Å². The molecule has 3 rings (SSSR count). The molecule has 1 atom stereocenters. The van der Waals surface area contributed by atoms with Crippen molar-refractivity contribution in [2.24, 2.45) is 0 Å². The second kappa shape index (κ2) is 7.83. The van der Waals surface area contributed by atoms with E-state index in [0.29, 0.717) is 24.7 Å². The molecule has 0 aliphatic carbocycles. The van der Waals surface area contributed by atoms with Crippen molar-refractivity contribution in [1.29, 1.82) is 0 Å². The zero-order valence-corrected chi connectivity index (χ0v) is 14.2. The van der Waals surface area contributed by atoms with Gasteiger partial charge >= 0.3 is 6.03 Å². The maximum atomic E-state index is 12.3. The van der Waals surface area contributed by atoms with Crippen molar-refractivity contribution in [1.82, 2.24) is 20.5 Å². The first-order valence-corrected chi connectivity index (χ1v) is 8.42. The van der Waals surface area contributed by atoms with Crippen LogP contribution < -0.4 is 10.6 Å². The lowest BCUT2D eigenvalue weighted by atomic mass is 10.1. The van der Waals surface area contributed by atoms with Gasteiger partial charge in [0.05, 0.1) is 12.7 Å². The van der Waals surface area contributed by atoms with Crippen LogP contribution in [0.3, 0.4) is 0 Å². The van der Waals surface area contributed by atoms with E-state index in [1.165, 1.54) is 6.92 Å². The van der Waals surface area contributed by atoms with E-state index in [9.17, 15) is 9.59 Å². The van der Waals surface area contributed by atoms with Gasteiger partial charge < -0.3 is 20.0 Å². The number of amides is 3. The lowest BCUT2D eigenvalue weighted by molar-refractivity contribution is -0.119. The molecule has 1 saturated heterocycles. The number of rotatable bonds is 4. The Balaban J connectivity index is 1.52. The molecule has 1 aliphatic heterocycles. The minimum absolute atomic E-state index is 0.0171. The molecule has 2 N–H and O–H groups in total. The van der Waals surface area contributed by atoms with Gasteiger partial charge in [-0.2, -0.15) is 0 Å². The Labute approximate surface area is 146 Å². The van der Waals surface area contributed by atoms with Crippen molar-refractivity contribution in [2.75, 3.05) is 13.1 Å². The number of carbonyl (C=O) groups excluding carboxylic acids is 2. The molecular formula is C18H22N4O3. The molecule has 7 heteroatoms. The molecule has 25 heavy (non-hydrogen) atoms. The predicted molar refractivity (Wildman–Crippen MR) is 92.6 cm³/mol. The molecule has 7 nitrogen and oxygen atoms in total. The lowest BCUT2D eigenvalue weighted by Gasteiger charge is -2.32. The molecule has 0 saturated carbocycles. The third-order valence-electron chi connectivity index (χ3n) is 4.12. The predicted octanol–water partition coefficient (Wildman–Crippen LogP) is 2.15. The van der Waals surface area contributed by atoms with Gasteiger partial charge in [-0.05, 0) is 12.8 Å².